The summed E-state index contributed by atoms with van der Waals surface area (Å²) >= 11 is 6.03. The summed E-state index contributed by atoms with van der Waals surface area (Å²) in [6.07, 6.45) is 3.17. The molecule has 1 aliphatic carbocycles. The van der Waals surface area contributed by atoms with Crippen LogP contribution in [0.5, 0.6) is 5.75 Å². The summed E-state index contributed by atoms with van der Waals surface area (Å²) in [5, 5.41) is 9.91. The van der Waals surface area contributed by atoms with Crippen LogP contribution in [0.1, 0.15) is 30.7 Å². The summed E-state index contributed by atoms with van der Waals surface area (Å²) in [4.78, 5) is 0. The average molecular weight is 197 g/mol. The predicted molar refractivity (Wildman–Crippen MR) is 54.3 cm³/mol. The van der Waals surface area contributed by atoms with Crippen LogP contribution in [0.15, 0.2) is 24.3 Å². The van der Waals surface area contributed by atoms with Crippen molar-refractivity contribution in [1.82, 2.24) is 0 Å². The Labute approximate surface area is 83.3 Å². The molecule has 0 radical (unpaired) electrons. The molecule has 0 bridgehead atoms. The molecule has 1 saturated carbocycles. The van der Waals surface area contributed by atoms with Crippen molar-refractivity contribution in [1.29, 1.82) is 0 Å². The maximum absolute atomic E-state index is 9.61. The first-order chi connectivity index (χ1) is 6.27. The second kappa shape index (κ2) is 3.59. The number of phenols is 1. The molecule has 2 heteroatoms. The minimum atomic E-state index is 0.296. The molecule has 0 saturated heterocycles. The van der Waals surface area contributed by atoms with Crippen LogP contribution in [0.3, 0.4) is 0 Å². The smallest absolute Gasteiger partial charge is 0.119 e. The first kappa shape index (κ1) is 8.89. The zero-order valence-electron chi connectivity index (χ0n) is 7.41. The lowest BCUT2D eigenvalue weighted by molar-refractivity contribution is 0.461. The first-order valence-corrected chi connectivity index (χ1v) is 5.13. The third kappa shape index (κ3) is 1.80. The second-order valence-corrected chi connectivity index (χ2v) is 4.28. The van der Waals surface area contributed by atoms with Gasteiger partial charge in [-0.05, 0) is 36.8 Å². The SMILES string of the molecule is Oc1ccccc1C1CCC(Cl)C1. The minimum absolute atomic E-state index is 0.296. The van der Waals surface area contributed by atoms with Gasteiger partial charge in [0.15, 0.2) is 0 Å². The Morgan fingerprint density at radius 1 is 1.23 bits per heavy atom. The monoisotopic (exact) mass is 196 g/mol. The Morgan fingerprint density at radius 2 is 2.00 bits per heavy atom. The Kier molecular flexibility index (Phi) is 2.45. The Morgan fingerprint density at radius 3 is 2.62 bits per heavy atom. The highest BCUT2D eigenvalue weighted by Gasteiger charge is 2.25. The van der Waals surface area contributed by atoms with Gasteiger partial charge in [0.1, 0.15) is 5.75 Å². The van der Waals surface area contributed by atoms with E-state index < -0.39 is 0 Å². The third-order valence-electron chi connectivity index (χ3n) is 2.75. The molecule has 70 valence electrons. The van der Waals surface area contributed by atoms with Gasteiger partial charge in [-0.2, -0.15) is 0 Å². The maximum atomic E-state index is 9.61. The second-order valence-electron chi connectivity index (χ2n) is 3.67. The van der Waals surface area contributed by atoms with Crippen LogP contribution < -0.4 is 0 Å². The molecular formula is C11H13ClO. The Hall–Kier alpha value is -0.690. The summed E-state index contributed by atoms with van der Waals surface area (Å²) in [6.45, 7) is 0. The molecule has 1 N–H and O–H groups in total. The van der Waals surface area contributed by atoms with Crippen molar-refractivity contribution in [2.45, 2.75) is 30.6 Å². The lowest BCUT2D eigenvalue weighted by Crippen LogP contribution is -1.94. The predicted octanol–water partition coefficient (Wildman–Crippen LogP) is 3.27. The van der Waals surface area contributed by atoms with Gasteiger partial charge in [0.25, 0.3) is 0 Å². The Bertz CT molecular complexity index is 298. The van der Waals surface area contributed by atoms with Crippen molar-refractivity contribution in [3.05, 3.63) is 29.8 Å². The van der Waals surface area contributed by atoms with Gasteiger partial charge in [0.2, 0.25) is 0 Å². The number of benzene rings is 1. The van der Waals surface area contributed by atoms with Crippen molar-refractivity contribution < 1.29 is 5.11 Å². The van der Waals surface area contributed by atoms with Crippen LogP contribution >= 0.6 is 11.6 Å². The molecular weight excluding hydrogens is 184 g/mol. The van der Waals surface area contributed by atoms with E-state index in [9.17, 15) is 5.11 Å². The largest absolute Gasteiger partial charge is 0.508 e. The van der Waals surface area contributed by atoms with Gasteiger partial charge < -0.3 is 5.11 Å². The van der Waals surface area contributed by atoms with E-state index in [1.165, 1.54) is 0 Å². The van der Waals surface area contributed by atoms with E-state index in [0.29, 0.717) is 17.0 Å². The van der Waals surface area contributed by atoms with Gasteiger partial charge >= 0.3 is 0 Å². The quantitative estimate of drug-likeness (QED) is 0.684. The molecule has 1 nitrogen and oxygen atoms in total. The standard InChI is InChI=1S/C11H13ClO/c12-9-6-5-8(7-9)10-3-1-2-4-11(10)13/h1-4,8-9,13H,5-7H2. The summed E-state index contributed by atoms with van der Waals surface area (Å²) in [6, 6.07) is 7.56. The molecule has 0 amide bonds. The molecule has 1 fully saturated rings. The van der Waals surface area contributed by atoms with Crippen LogP contribution in [-0.2, 0) is 0 Å². The number of rotatable bonds is 1. The molecule has 0 aromatic heterocycles. The van der Waals surface area contributed by atoms with Crippen LogP contribution in [0.2, 0.25) is 0 Å². The summed E-state index contributed by atoms with van der Waals surface area (Å²) in [7, 11) is 0. The summed E-state index contributed by atoms with van der Waals surface area (Å²) in [5.41, 5.74) is 1.06. The fourth-order valence-corrected chi connectivity index (χ4v) is 2.38. The van der Waals surface area contributed by atoms with E-state index in [4.69, 9.17) is 11.6 Å². The number of para-hydroxylation sites is 1. The van der Waals surface area contributed by atoms with E-state index in [1.807, 2.05) is 18.2 Å². The van der Waals surface area contributed by atoms with Crippen molar-refractivity contribution in [3.63, 3.8) is 0 Å². The van der Waals surface area contributed by atoms with Crippen LogP contribution in [-0.4, -0.2) is 10.5 Å². The number of hydrogen-bond donors (Lipinski definition) is 1. The minimum Gasteiger partial charge on any atom is -0.508 e. The van der Waals surface area contributed by atoms with Crippen molar-refractivity contribution in [3.8, 4) is 5.75 Å². The van der Waals surface area contributed by atoms with Gasteiger partial charge in [-0.15, -0.1) is 11.6 Å². The van der Waals surface area contributed by atoms with Crippen molar-refractivity contribution in [2.24, 2.45) is 0 Å². The van der Waals surface area contributed by atoms with Gasteiger partial charge in [-0.3, -0.25) is 0 Å². The van der Waals surface area contributed by atoms with Crippen molar-refractivity contribution in [2.75, 3.05) is 0 Å². The van der Waals surface area contributed by atoms with Gasteiger partial charge in [0.05, 0.1) is 0 Å². The summed E-state index contributed by atoms with van der Waals surface area (Å²) < 4.78 is 0. The lowest BCUT2D eigenvalue weighted by atomic mass is 9.97. The van der Waals surface area contributed by atoms with Gasteiger partial charge in [-0.25, -0.2) is 0 Å². The fraction of sp³-hybridized carbons (Fsp3) is 0.455. The zero-order chi connectivity index (χ0) is 9.26. The molecule has 1 aromatic carbocycles. The molecule has 1 aromatic rings. The third-order valence-corrected chi connectivity index (χ3v) is 3.14. The highest BCUT2D eigenvalue weighted by molar-refractivity contribution is 6.20. The normalized spacial score (nSPS) is 27.8. The first-order valence-electron chi connectivity index (χ1n) is 4.69. The highest BCUT2D eigenvalue weighted by Crippen LogP contribution is 2.40. The highest BCUT2D eigenvalue weighted by atomic mass is 35.5. The van der Waals surface area contributed by atoms with Crippen LogP contribution in [0, 0.1) is 0 Å². The molecule has 2 atom stereocenters. The molecule has 0 aliphatic heterocycles. The summed E-state index contributed by atoms with van der Waals surface area (Å²) in [5.74, 6) is 0.877. The molecule has 0 spiro atoms. The van der Waals surface area contributed by atoms with Crippen molar-refractivity contribution >= 4 is 11.6 Å². The van der Waals surface area contributed by atoms with E-state index in [1.54, 1.807) is 6.07 Å². The van der Waals surface area contributed by atoms with E-state index >= 15 is 0 Å². The lowest BCUT2D eigenvalue weighted by Gasteiger charge is -2.10. The van der Waals surface area contributed by atoms with E-state index in [-0.39, 0.29) is 0 Å². The average Bonchev–Trinajstić information content (AvgIpc) is 2.53. The maximum Gasteiger partial charge on any atom is 0.119 e. The zero-order valence-corrected chi connectivity index (χ0v) is 8.17. The number of aromatic hydroxyl groups is 1. The molecule has 0 heterocycles. The number of alkyl halides is 1. The van der Waals surface area contributed by atoms with Gasteiger partial charge in [0, 0.05) is 5.38 Å². The number of phenolic OH excluding ortho intramolecular Hbond substituents is 1. The molecule has 2 rings (SSSR count). The van der Waals surface area contributed by atoms with E-state index in [0.717, 1.165) is 24.8 Å². The topological polar surface area (TPSA) is 20.2 Å². The fourth-order valence-electron chi connectivity index (χ4n) is 2.04. The number of halogens is 1. The Balaban J connectivity index is 2.21. The van der Waals surface area contributed by atoms with E-state index in [2.05, 4.69) is 0 Å². The number of hydrogen-bond acceptors (Lipinski definition) is 1. The van der Waals surface area contributed by atoms with Gasteiger partial charge in [-0.1, -0.05) is 18.2 Å². The van der Waals surface area contributed by atoms with Crippen LogP contribution in [0.4, 0.5) is 0 Å². The molecule has 13 heavy (non-hydrogen) atoms. The van der Waals surface area contributed by atoms with Crippen LogP contribution in [0.25, 0.3) is 0 Å². The molecule has 1 aliphatic rings. The molecule has 2 unspecified atom stereocenters.